The fourth-order valence-electron chi connectivity index (χ4n) is 0. The maximum absolute atomic E-state index is 8.74. The summed E-state index contributed by atoms with van der Waals surface area (Å²) in [5.41, 5.74) is 0. The van der Waals surface area contributed by atoms with Crippen molar-refractivity contribution < 1.29 is 126 Å². The first-order valence-electron chi connectivity index (χ1n) is 5.86. The molecule has 0 unspecified atom stereocenters. The summed E-state index contributed by atoms with van der Waals surface area (Å²) in [5.74, 6) is 0. The third-order valence-corrected chi connectivity index (χ3v) is 0. The van der Waals surface area contributed by atoms with E-state index in [4.69, 9.17) is 126 Å². The molecule has 0 bridgehead atoms. The molecule has 0 aliphatic heterocycles. The molecule has 224 valence electrons. The molecule has 0 amide bonds. The van der Waals surface area contributed by atoms with Crippen LogP contribution in [0.15, 0.2) is 0 Å². The number of hydrogen-bond acceptors (Lipinski definition) is 9. The molecule has 0 saturated heterocycles. The van der Waals surface area contributed by atoms with E-state index in [2.05, 4.69) is 0 Å². The van der Waals surface area contributed by atoms with E-state index in [0.717, 1.165) is 0 Å². The van der Waals surface area contributed by atoms with Gasteiger partial charge in [-0.25, -0.2) is 0 Å². The average Bonchev–Trinajstić information content (AvgIpc) is 2.39. The Morgan fingerprint density at radius 2 is 0.175 bits per heavy atom. The van der Waals surface area contributed by atoms with Gasteiger partial charge in [-0.05, 0) is 0 Å². The average molecular weight is 799 g/mol. The monoisotopic (exact) mass is 798 g/mol. The molecular weight excluding hydrogens is 777 g/mol. The SMILES string of the molecule is O=[Si](O)O.O=[Si](O)O.O=[Si](O)O.O=[Si](O)O.O=[Si](O)O.O=[Si](O)O.O=[Si](O)O.O=[Si](O)O.O=[Si](O)O.[NaH].[NaH].[NaH].[NaH]. The summed E-state index contributed by atoms with van der Waals surface area (Å²) in [6.07, 6.45) is 0. The van der Waals surface area contributed by atoms with E-state index in [0.29, 0.717) is 0 Å². The van der Waals surface area contributed by atoms with Crippen LogP contribution in [0.3, 0.4) is 0 Å². The van der Waals surface area contributed by atoms with Gasteiger partial charge in [-0.1, -0.05) is 0 Å². The first-order chi connectivity index (χ1) is 15.6. The van der Waals surface area contributed by atoms with Crippen molar-refractivity contribution in [3.05, 3.63) is 0 Å². The van der Waals surface area contributed by atoms with Crippen LogP contribution in [-0.2, 0) is 40.2 Å². The van der Waals surface area contributed by atoms with Crippen molar-refractivity contribution in [2.45, 2.75) is 0 Å². The fourth-order valence-corrected chi connectivity index (χ4v) is 0. The molecular formula is H22Na4O27Si9. The number of hydrogen-bond donors (Lipinski definition) is 18. The molecule has 0 saturated carbocycles. The van der Waals surface area contributed by atoms with Crippen LogP contribution in [0.25, 0.3) is 0 Å². The Balaban J connectivity index is -0.0000000184. The first-order valence-corrected chi connectivity index (χ1v) is 17.6. The fraction of sp³-hybridized carbons (Fsp3) is 0. The Bertz CT molecular complexity index is 426. The van der Waals surface area contributed by atoms with Gasteiger partial charge in [0, 0.05) is 0 Å². The van der Waals surface area contributed by atoms with Gasteiger partial charge in [-0.15, -0.1) is 0 Å². The second-order valence-corrected chi connectivity index (χ2v) is 7.63. The third-order valence-electron chi connectivity index (χ3n) is 0. The first kappa shape index (κ1) is 83.6. The molecule has 0 aliphatic carbocycles. The van der Waals surface area contributed by atoms with Gasteiger partial charge in [-0.2, -0.15) is 0 Å². The predicted octanol–water partition coefficient (Wildman–Crippen LogP) is -17.1. The van der Waals surface area contributed by atoms with Crippen molar-refractivity contribution in [1.29, 1.82) is 0 Å². The second-order valence-electron chi connectivity index (χ2n) is 2.54. The van der Waals surface area contributed by atoms with Gasteiger partial charge >= 0.3 is 201 Å². The van der Waals surface area contributed by atoms with Gasteiger partial charge in [0.15, 0.2) is 0 Å². The molecule has 40 heavy (non-hydrogen) atoms. The molecule has 0 aromatic carbocycles. The van der Waals surface area contributed by atoms with Crippen LogP contribution in [0.4, 0.5) is 0 Å². The van der Waals surface area contributed by atoms with Crippen molar-refractivity contribution in [3.8, 4) is 0 Å². The van der Waals surface area contributed by atoms with Gasteiger partial charge in [-0.3, -0.25) is 40.2 Å². The Kier molecular flexibility index (Phi) is 162. The molecule has 0 aromatic rings. The van der Waals surface area contributed by atoms with Crippen LogP contribution in [0.2, 0.25) is 0 Å². The van der Waals surface area contributed by atoms with E-state index >= 15 is 0 Å². The maximum atomic E-state index is 8.74. The van der Waals surface area contributed by atoms with E-state index in [9.17, 15) is 0 Å². The van der Waals surface area contributed by atoms with Gasteiger partial charge < -0.3 is 86.3 Å². The molecule has 40 heteroatoms. The van der Waals surface area contributed by atoms with Crippen LogP contribution < -0.4 is 0 Å². The van der Waals surface area contributed by atoms with E-state index in [-0.39, 0.29) is 118 Å². The van der Waals surface area contributed by atoms with Crippen molar-refractivity contribution in [2.24, 2.45) is 0 Å². The van der Waals surface area contributed by atoms with Crippen LogP contribution in [0.1, 0.15) is 0 Å². The molecule has 0 spiro atoms. The van der Waals surface area contributed by atoms with Gasteiger partial charge in [0.2, 0.25) is 0 Å². The standard InChI is InChI=1S/4Na.9H2O3Si.4H/c;;;;9*1-4(2)3;;;;/h;;;;9*1-2H;;;;. The summed E-state index contributed by atoms with van der Waals surface area (Å²) in [7, 11) is -28.2. The van der Waals surface area contributed by atoms with E-state index < -0.39 is 82.5 Å². The van der Waals surface area contributed by atoms with Crippen LogP contribution in [0, 0.1) is 0 Å². The predicted molar refractivity (Wildman–Crippen MR) is 126 cm³/mol. The summed E-state index contributed by atoms with van der Waals surface area (Å²) in [4.78, 5) is 129. The van der Waals surface area contributed by atoms with Crippen LogP contribution in [0.5, 0.6) is 0 Å². The molecule has 0 radical (unpaired) electrons. The van der Waals surface area contributed by atoms with Crippen molar-refractivity contribution in [3.63, 3.8) is 0 Å². The Morgan fingerprint density at radius 1 is 0.175 bits per heavy atom. The van der Waals surface area contributed by atoms with Crippen molar-refractivity contribution in [2.75, 3.05) is 0 Å². The Hall–Kier alpha value is 0.552. The summed E-state index contributed by atoms with van der Waals surface area (Å²) in [5, 5.41) is 0. The summed E-state index contributed by atoms with van der Waals surface area (Å²) < 4.78 is 78.7. The number of rotatable bonds is 0. The Labute approximate surface area is 322 Å². The molecule has 0 heterocycles. The van der Waals surface area contributed by atoms with E-state index in [1.165, 1.54) is 0 Å². The summed E-state index contributed by atoms with van der Waals surface area (Å²) in [6, 6.07) is 0. The second kappa shape index (κ2) is 77.4. The summed E-state index contributed by atoms with van der Waals surface area (Å²) >= 11 is 0. The van der Waals surface area contributed by atoms with E-state index in [1.54, 1.807) is 0 Å². The third kappa shape index (κ3) is 178000. The van der Waals surface area contributed by atoms with Crippen molar-refractivity contribution in [1.82, 2.24) is 0 Å². The van der Waals surface area contributed by atoms with Gasteiger partial charge in [0.25, 0.3) is 0 Å². The van der Waals surface area contributed by atoms with Crippen LogP contribution >= 0.6 is 0 Å². The molecule has 0 aromatic heterocycles. The van der Waals surface area contributed by atoms with Gasteiger partial charge in [0.1, 0.15) is 0 Å². The molecule has 18 N–H and O–H groups in total. The molecule has 0 aliphatic rings. The molecule has 0 fully saturated rings. The van der Waals surface area contributed by atoms with E-state index in [1.807, 2.05) is 0 Å². The Morgan fingerprint density at radius 3 is 0.175 bits per heavy atom. The molecule has 27 nitrogen and oxygen atoms in total. The van der Waals surface area contributed by atoms with Crippen LogP contribution in [-0.4, -0.2) is 287 Å². The minimum atomic E-state index is -3.13. The topological polar surface area (TPSA) is 518 Å². The molecule has 0 atom stereocenters. The minimum absolute atomic E-state index is 0. The van der Waals surface area contributed by atoms with Gasteiger partial charge in [0.05, 0.1) is 0 Å². The van der Waals surface area contributed by atoms with Crippen molar-refractivity contribution >= 4 is 201 Å². The zero-order chi connectivity index (χ0) is 32.2. The zero-order valence-corrected chi connectivity index (χ0v) is 25.2. The normalized spacial score (nSPS) is 5.40. The molecule has 0 rings (SSSR count). The summed E-state index contributed by atoms with van der Waals surface area (Å²) in [6.45, 7) is 0. The quantitative estimate of drug-likeness (QED) is 0.101. The zero-order valence-electron chi connectivity index (χ0n) is 16.2.